The van der Waals surface area contributed by atoms with E-state index in [0.717, 1.165) is 0 Å². The number of fused-ring (bicyclic) bond motifs is 6. The first-order chi connectivity index (χ1) is 18.9. The van der Waals surface area contributed by atoms with Crippen LogP contribution in [-0.4, -0.2) is 9.13 Å². The zero-order chi connectivity index (χ0) is 25.1. The van der Waals surface area contributed by atoms with Crippen LogP contribution in [0.1, 0.15) is 0 Å². The number of aromatic nitrogens is 2. The molecule has 0 aliphatic heterocycles. The molecule has 2 heterocycles. The molecule has 38 heavy (non-hydrogen) atoms. The molecule has 6 aromatic carbocycles. The molecule has 2 heteroatoms. The van der Waals surface area contributed by atoms with Gasteiger partial charge in [-0.25, -0.2) is 0 Å². The third-order valence-corrected chi connectivity index (χ3v) is 7.71. The van der Waals surface area contributed by atoms with E-state index >= 15 is 0 Å². The van der Waals surface area contributed by atoms with E-state index in [1.807, 2.05) is 0 Å². The van der Waals surface area contributed by atoms with Gasteiger partial charge in [-0.15, -0.1) is 0 Å². The van der Waals surface area contributed by atoms with Gasteiger partial charge in [-0.05, 0) is 59.7 Å². The number of benzene rings is 6. The summed E-state index contributed by atoms with van der Waals surface area (Å²) < 4.78 is 4.79. The zero-order valence-electron chi connectivity index (χ0n) is 20.8. The number of hydrogen-bond donors (Lipinski definition) is 0. The summed E-state index contributed by atoms with van der Waals surface area (Å²) in [5.74, 6) is 0. The van der Waals surface area contributed by atoms with E-state index in [0.29, 0.717) is 0 Å². The fourth-order valence-electron chi connectivity index (χ4n) is 6.11. The van der Waals surface area contributed by atoms with E-state index in [1.165, 1.54) is 66.1 Å². The summed E-state index contributed by atoms with van der Waals surface area (Å²) in [5.41, 5.74) is 9.73. The van der Waals surface area contributed by atoms with Crippen LogP contribution >= 0.6 is 0 Å². The number of rotatable bonds is 3. The Morgan fingerprint density at radius 1 is 0.342 bits per heavy atom. The fourth-order valence-corrected chi connectivity index (χ4v) is 6.11. The Morgan fingerprint density at radius 3 is 1.71 bits per heavy atom. The zero-order valence-corrected chi connectivity index (χ0v) is 20.8. The summed E-state index contributed by atoms with van der Waals surface area (Å²) in [5, 5.41) is 5.08. The molecule has 0 radical (unpaired) electrons. The Bertz CT molecular complexity index is 2110. The molecule has 0 saturated heterocycles. The maximum absolute atomic E-state index is 2.42. The van der Waals surface area contributed by atoms with E-state index in [2.05, 4.69) is 155 Å². The summed E-state index contributed by atoms with van der Waals surface area (Å²) in [6.07, 6.45) is 0. The molecule has 0 amide bonds. The highest BCUT2D eigenvalue weighted by atomic mass is 15.0. The molecule has 0 saturated carbocycles. The monoisotopic (exact) mass is 484 g/mol. The normalized spacial score (nSPS) is 11.7. The minimum atomic E-state index is 1.17. The molecule has 0 aliphatic carbocycles. The molecule has 2 nitrogen and oxygen atoms in total. The van der Waals surface area contributed by atoms with E-state index in [1.54, 1.807) is 0 Å². The van der Waals surface area contributed by atoms with Crippen molar-refractivity contribution in [3.63, 3.8) is 0 Å². The smallest absolute Gasteiger partial charge is 0.0547 e. The second-order valence-corrected chi connectivity index (χ2v) is 9.81. The van der Waals surface area contributed by atoms with Gasteiger partial charge in [0.2, 0.25) is 0 Å². The molecule has 0 unspecified atom stereocenters. The minimum absolute atomic E-state index is 1.17. The van der Waals surface area contributed by atoms with Crippen LogP contribution in [0.5, 0.6) is 0 Å². The standard InChI is InChI=1S/C36H24N2/c1-3-12-25(13-4-1)28-18-11-21-35-36(28)30-17-8-10-20-33(30)38(35)27-22-23-34-31(24-27)29-16-7-9-19-32(29)37(34)26-14-5-2-6-15-26/h1-24H. The Kier molecular flexibility index (Phi) is 4.55. The summed E-state index contributed by atoms with van der Waals surface area (Å²) in [6.45, 7) is 0. The van der Waals surface area contributed by atoms with Crippen molar-refractivity contribution in [2.24, 2.45) is 0 Å². The van der Waals surface area contributed by atoms with Crippen LogP contribution in [0.25, 0.3) is 66.1 Å². The number of hydrogen-bond acceptors (Lipinski definition) is 0. The lowest BCUT2D eigenvalue weighted by Gasteiger charge is -2.11. The predicted molar refractivity (Wildman–Crippen MR) is 161 cm³/mol. The first-order valence-electron chi connectivity index (χ1n) is 13.0. The molecular weight excluding hydrogens is 460 g/mol. The van der Waals surface area contributed by atoms with Crippen molar-refractivity contribution in [3.8, 4) is 22.5 Å². The van der Waals surface area contributed by atoms with Gasteiger partial charge >= 0.3 is 0 Å². The van der Waals surface area contributed by atoms with Gasteiger partial charge in [0, 0.05) is 32.9 Å². The SMILES string of the molecule is c1ccc(-c2cccc3c2c2ccccc2n3-c2ccc3c(c2)c2ccccc2n3-c2ccccc2)cc1. The Labute approximate surface area is 220 Å². The Hall–Kier alpha value is -5.08. The van der Waals surface area contributed by atoms with Gasteiger partial charge < -0.3 is 9.13 Å². The van der Waals surface area contributed by atoms with E-state index < -0.39 is 0 Å². The highest BCUT2D eigenvalue weighted by Gasteiger charge is 2.18. The first kappa shape index (κ1) is 21.0. The van der Waals surface area contributed by atoms with Crippen LogP contribution in [0, 0.1) is 0 Å². The summed E-state index contributed by atoms with van der Waals surface area (Å²) in [7, 11) is 0. The van der Waals surface area contributed by atoms with Gasteiger partial charge in [0.05, 0.1) is 22.1 Å². The van der Waals surface area contributed by atoms with Crippen molar-refractivity contribution >= 4 is 43.6 Å². The number of nitrogens with zero attached hydrogens (tertiary/aromatic N) is 2. The maximum atomic E-state index is 2.42. The van der Waals surface area contributed by atoms with Gasteiger partial charge in [0.1, 0.15) is 0 Å². The molecule has 0 fully saturated rings. The van der Waals surface area contributed by atoms with Gasteiger partial charge in [0.15, 0.2) is 0 Å². The lowest BCUT2D eigenvalue weighted by atomic mass is 9.99. The first-order valence-corrected chi connectivity index (χ1v) is 13.0. The van der Waals surface area contributed by atoms with Crippen LogP contribution in [-0.2, 0) is 0 Å². The fraction of sp³-hybridized carbons (Fsp3) is 0. The molecular formula is C36H24N2. The van der Waals surface area contributed by atoms with Gasteiger partial charge in [-0.1, -0.05) is 97.1 Å². The Balaban J connectivity index is 1.46. The second kappa shape index (κ2) is 8.22. The van der Waals surface area contributed by atoms with Crippen LogP contribution in [0.3, 0.4) is 0 Å². The van der Waals surface area contributed by atoms with Crippen LogP contribution < -0.4 is 0 Å². The highest BCUT2D eigenvalue weighted by Crippen LogP contribution is 2.40. The van der Waals surface area contributed by atoms with Crippen LogP contribution in [0.15, 0.2) is 146 Å². The molecule has 0 bridgehead atoms. The second-order valence-electron chi connectivity index (χ2n) is 9.81. The largest absolute Gasteiger partial charge is 0.309 e. The van der Waals surface area contributed by atoms with Crippen molar-refractivity contribution in [1.82, 2.24) is 9.13 Å². The van der Waals surface area contributed by atoms with Crippen LogP contribution in [0.2, 0.25) is 0 Å². The topological polar surface area (TPSA) is 9.86 Å². The van der Waals surface area contributed by atoms with Crippen molar-refractivity contribution in [1.29, 1.82) is 0 Å². The Morgan fingerprint density at radius 2 is 0.921 bits per heavy atom. The van der Waals surface area contributed by atoms with Crippen molar-refractivity contribution in [2.45, 2.75) is 0 Å². The number of para-hydroxylation sites is 3. The van der Waals surface area contributed by atoms with Crippen molar-refractivity contribution in [2.75, 3.05) is 0 Å². The minimum Gasteiger partial charge on any atom is -0.309 e. The average molecular weight is 485 g/mol. The average Bonchev–Trinajstić information content (AvgIpc) is 3.51. The van der Waals surface area contributed by atoms with Crippen molar-refractivity contribution in [3.05, 3.63) is 146 Å². The van der Waals surface area contributed by atoms with Gasteiger partial charge in [-0.3, -0.25) is 0 Å². The highest BCUT2D eigenvalue weighted by molar-refractivity contribution is 6.16. The molecule has 178 valence electrons. The third kappa shape index (κ3) is 3.01. The summed E-state index contributed by atoms with van der Waals surface area (Å²) >= 11 is 0. The molecule has 8 rings (SSSR count). The molecule has 0 aliphatic rings. The van der Waals surface area contributed by atoms with Crippen LogP contribution in [0.4, 0.5) is 0 Å². The quantitative estimate of drug-likeness (QED) is 0.236. The molecule has 0 N–H and O–H groups in total. The maximum Gasteiger partial charge on any atom is 0.0547 e. The van der Waals surface area contributed by atoms with E-state index in [4.69, 9.17) is 0 Å². The molecule has 0 spiro atoms. The molecule has 8 aromatic rings. The van der Waals surface area contributed by atoms with Crippen molar-refractivity contribution < 1.29 is 0 Å². The van der Waals surface area contributed by atoms with Gasteiger partial charge in [-0.2, -0.15) is 0 Å². The third-order valence-electron chi connectivity index (χ3n) is 7.71. The summed E-state index contributed by atoms with van der Waals surface area (Å²) in [6, 6.07) is 52.4. The van der Waals surface area contributed by atoms with Gasteiger partial charge in [0.25, 0.3) is 0 Å². The van der Waals surface area contributed by atoms with E-state index in [-0.39, 0.29) is 0 Å². The predicted octanol–water partition coefficient (Wildman–Crippen LogP) is 9.55. The summed E-state index contributed by atoms with van der Waals surface area (Å²) in [4.78, 5) is 0. The van der Waals surface area contributed by atoms with E-state index in [9.17, 15) is 0 Å². The lowest BCUT2D eigenvalue weighted by molar-refractivity contribution is 1.17. The molecule has 0 atom stereocenters. The lowest BCUT2D eigenvalue weighted by Crippen LogP contribution is -1.95. The molecule has 2 aromatic heterocycles.